The van der Waals surface area contributed by atoms with Crippen LogP contribution >= 0.6 is 0 Å². The number of rotatable bonds is 1. The number of benzene rings is 1. The fourth-order valence-electron chi connectivity index (χ4n) is 2.29. The molecule has 1 aromatic heterocycles. The number of nitriles is 1. The third kappa shape index (κ3) is 1.91. The number of halogens is 3. The number of aromatic nitrogens is 1. The molecule has 0 N–H and O–H groups in total. The minimum atomic E-state index is -4.59. The number of hydrogen-bond donors (Lipinski definition) is 0. The highest BCUT2D eigenvalue weighted by Gasteiger charge is 2.39. The molecule has 0 spiro atoms. The molecule has 0 fully saturated rings. The number of alkyl halides is 3. The van der Waals surface area contributed by atoms with Gasteiger partial charge in [0.15, 0.2) is 0 Å². The van der Waals surface area contributed by atoms with Crippen molar-refractivity contribution in [1.82, 2.24) is 4.57 Å². The van der Waals surface area contributed by atoms with E-state index < -0.39 is 11.9 Å². The fraction of sp³-hybridized carbons (Fsp3) is 0.308. The van der Waals surface area contributed by atoms with Crippen LogP contribution in [-0.4, -0.2) is 11.7 Å². The second-order valence-corrected chi connectivity index (χ2v) is 4.26. The highest BCUT2D eigenvalue weighted by molar-refractivity contribution is 5.93. The van der Waals surface area contributed by atoms with Gasteiger partial charge in [-0.15, -0.1) is 0 Å². The Morgan fingerprint density at radius 3 is 2.42 bits per heavy atom. The normalized spacial score (nSPS) is 11.6. The van der Waals surface area contributed by atoms with Crippen LogP contribution in [-0.2, 0) is 13.2 Å². The molecule has 0 aliphatic rings. The summed E-state index contributed by atoms with van der Waals surface area (Å²) < 4.78 is 45.3. The molecule has 3 nitrogen and oxygen atoms in total. The zero-order valence-electron chi connectivity index (χ0n) is 10.6. The Hall–Kier alpha value is -2.16. The van der Waals surface area contributed by atoms with Gasteiger partial charge in [0.25, 0.3) is 0 Å². The number of fused-ring (bicyclic) bond motifs is 1. The lowest BCUT2D eigenvalue weighted by Crippen LogP contribution is -2.12. The Morgan fingerprint density at radius 2 is 1.95 bits per heavy atom. The van der Waals surface area contributed by atoms with Crippen LogP contribution in [0.3, 0.4) is 0 Å². The third-order valence-electron chi connectivity index (χ3n) is 3.00. The minimum absolute atomic E-state index is 0.258. The van der Waals surface area contributed by atoms with Gasteiger partial charge in [-0.05, 0) is 24.6 Å². The second kappa shape index (κ2) is 4.19. The molecule has 0 saturated carbocycles. The molecule has 6 heteroatoms. The van der Waals surface area contributed by atoms with E-state index in [9.17, 15) is 13.2 Å². The van der Waals surface area contributed by atoms with Crippen LogP contribution in [0.2, 0.25) is 0 Å². The summed E-state index contributed by atoms with van der Waals surface area (Å²) in [5.41, 5.74) is -0.307. The van der Waals surface area contributed by atoms with Crippen molar-refractivity contribution in [2.24, 2.45) is 7.05 Å². The lowest BCUT2D eigenvalue weighted by molar-refractivity contribution is -0.143. The van der Waals surface area contributed by atoms with Gasteiger partial charge in [0.2, 0.25) is 0 Å². The molecule has 0 unspecified atom stereocenters. The molecule has 1 aromatic carbocycles. The van der Waals surface area contributed by atoms with E-state index in [0.717, 1.165) is 10.1 Å². The van der Waals surface area contributed by atoms with Crippen molar-refractivity contribution in [1.29, 1.82) is 5.26 Å². The first-order valence-corrected chi connectivity index (χ1v) is 5.45. The van der Waals surface area contributed by atoms with Crippen molar-refractivity contribution in [2.45, 2.75) is 13.1 Å². The monoisotopic (exact) mass is 268 g/mol. The predicted octanol–water partition coefficient (Wildman–Crippen LogP) is 3.39. The van der Waals surface area contributed by atoms with Crippen LogP contribution in [0.5, 0.6) is 5.75 Å². The van der Waals surface area contributed by atoms with Gasteiger partial charge < -0.3 is 9.30 Å². The minimum Gasteiger partial charge on any atom is -0.495 e. The maximum Gasteiger partial charge on any atom is 0.432 e. The Kier molecular flexibility index (Phi) is 2.93. The van der Waals surface area contributed by atoms with Gasteiger partial charge in [-0.1, -0.05) is 0 Å². The number of aryl methyl sites for hydroxylation is 2. The van der Waals surface area contributed by atoms with Gasteiger partial charge in [0.05, 0.1) is 18.2 Å². The zero-order valence-corrected chi connectivity index (χ0v) is 10.6. The molecule has 19 heavy (non-hydrogen) atoms. The lowest BCUT2D eigenvalue weighted by Gasteiger charge is -2.10. The van der Waals surface area contributed by atoms with Gasteiger partial charge in [0, 0.05) is 12.4 Å². The maximum absolute atomic E-state index is 13.1. The van der Waals surface area contributed by atoms with Crippen molar-refractivity contribution >= 4 is 10.9 Å². The molecular formula is C13H11F3N2O. The molecule has 0 aliphatic heterocycles. The molecule has 0 radical (unpaired) electrons. The lowest BCUT2D eigenvalue weighted by atomic mass is 10.1. The van der Waals surface area contributed by atoms with Crippen molar-refractivity contribution in [3.05, 3.63) is 29.0 Å². The van der Waals surface area contributed by atoms with Gasteiger partial charge in [-0.25, -0.2) is 0 Å². The summed E-state index contributed by atoms with van der Waals surface area (Å²) >= 11 is 0. The average molecular weight is 268 g/mol. The topological polar surface area (TPSA) is 37.9 Å². The Balaban J connectivity index is 3.02. The molecule has 2 aromatic rings. The van der Waals surface area contributed by atoms with Crippen molar-refractivity contribution < 1.29 is 17.9 Å². The van der Waals surface area contributed by atoms with Gasteiger partial charge in [-0.2, -0.15) is 18.4 Å². The second-order valence-electron chi connectivity index (χ2n) is 4.26. The largest absolute Gasteiger partial charge is 0.495 e. The highest BCUT2D eigenvalue weighted by Crippen LogP contribution is 2.40. The SMILES string of the molecule is COc1cc(C)cc2c(C#N)c(C(F)(F)F)n(C)c12. The molecule has 0 aliphatic carbocycles. The molecule has 1 heterocycles. The maximum atomic E-state index is 13.1. The first-order valence-electron chi connectivity index (χ1n) is 5.45. The first kappa shape index (κ1) is 13.3. The van der Waals surface area contributed by atoms with E-state index >= 15 is 0 Å². The zero-order chi connectivity index (χ0) is 14.4. The first-order chi connectivity index (χ1) is 8.81. The van der Waals surface area contributed by atoms with E-state index in [2.05, 4.69) is 0 Å². The molecule has 100 valence electrons. The number of ether oxygens (including phenoxy) is 1. The molecule has 0 atom stereocenters. The smallest absolute Gasteiger partial charge is 0.432 e. The standard InChI is InChI=1S/C13H11F3N2O/c1-7-4-8-9(6-17)12(13(14,15)16)18(2)11(8)10(5-7)19-3/h4-5H,1-3H3. The van der Waals surface area contributed by atoms with E-state index in [1.807, 2.05) is 0 Å². The Morgan fingerprint density at radius 1 is 1.32 bits per heavy atom. The van der Waals surface area contributed by atoms with Crippen LogP contribution in [0.25, 0.3) is 10.9 Å². The van der Waals surface area contributed by atoms with E-state index in [0.29, 0.717) is 5.75 Å². The van der Waals surface area contributed by atoms with Crippen LogP contribution in [0, 0.1) is 18.3 Å². The van der Waals surface area contributed by atoms with Crippen molar-refractivity contribution in [3.8, 4) is 11.8 Å². The molecular weight excluding hydrogens is 257 g/mol. The average Bonchev–Trinajstić information content (AvgIpc) is 2.60. The molecule has 0 bridgehead atoms. The van der Waals surface area contributed by atoms with Gasteiger partial charge in [0.1, 0.15) is 17.5 Å². The van der Waals surface area contributed by atoms with Gasteiger partial charge in [-0.3, -0.25) is 0 Å². The summed E-state index contributed by atoms with van der Waals surface area (Å²) in [6, 6.07) is 4.85. The summed E-state index contributed by atoms with van der Waals surface area (Å²) in [7, 11) is 2.67. The van der Waals surface area contributed by atoms with Crippen LogP contribution in [0.1, 0.15) is 16.8 Å². The highest BCUT2D eigenvalue weighted by atomic mass is 19.4. The van der Waals surface area contributed by atoms with Crippen molar-refractivity contribution in [2.75, 3.05) is 7.11 Å². The van der Waals surface area contributed by atoms with E-state index in [-0.39, 0.29) is 16.5 Å². The Labute approximate surface area is 107 Å². The summed E-state index contributed by atoms with van der Waals surface area (Å²) in [5.74, 6) is 0.324. The molecule has 0 amide bonds. The number of methoxy groups -OCH3 is 1. The van der Waals surface area contributed by atoms with E-state index in [1.165, 1.54) is 14.2 Å². The Bertz CT molecular complexity index is 693. The third-order valence-corrected chi connectivity index (χ3v) is 3.00. The summed E-state index contributed by atoms with van der Waals surface area (Å²) in [4.78, 5) is 0. The quantitative estimate of drug-likeness (QED) is 0.795. The molecule has 2 rings (SSSR count). The summed E-state index contributed by atoms with van der Waals surface area (Å²) in [5, 5.41) is 9.30. The summed E-state index contributed by atoms with van der Waals surface area (Å²) in [6.45, 7) is 1.74. The van der Waals surface area contributed by atoms with Crippen molar-refractivity contribution in [3.63, 3.8) is 0 Å². The van der Waals surface area contributed by atoms with Crippen LogP contribution in [0.15, 0.2) is 12.1 Å². The predicted molar refractivity (Wildman–Crippen MR) is 63.9 cm³/mol. The van der Waals surface area contributed by atoms with Crippen LogP contribution < -0.4 is 4.74 Å². The number of nitrogens with zero attached hydrogens (tertiary/aromatic N) is 2. The van der Waals surface area contributed by atoms with E-state index in [4.69, 9.17) is 10.00 Å². The summed E-state index contributed by atoms with van der Waals surface area (Å²) in [6.07, 6.45) is -4.59. The van der Waals surface area contributed by atoms with Gasteiger partial charge >= 0.3 is 6.18 Å². The van der Waals surface area contributed by atoms with Crippen LogP contribution in [0.4, 0.5) is 13.2 Å². The molecule has 0 saturated heterocycles. The number of hydrogen-bond acceptors (Lipinski definition) is 2. The van der Waals surface area contributed by atoms with E-state index in [1.54, 1.807) is 25.1 Å². The fourth-order valence-corrected chi connectivity index (χ4v) is 2.29.